The molecule has 5 rings (SSSR count). The van der Waals surface area contributed by atoms with Crippen molar-refractivity contribution >= 4 is 62.3 Å². The van der Waals surface area contributed by atoms with E-state index in [2.05, 4.69) is 43.2 Å². The predicted molar refractivity (Wildman–Crippen MR) is 138 cm³/mol. The summed E-state index contributed by atoms with van der Waals surface area (Å²) in [7, 11) is 3.81. The van der Waals surface area contributed by atoms with Crippen molar-refractivity contribution < 1.29 is 13.9 Å². The van der Waals surface area contributed by atoms with E-state index in [0.717, 1.165) is 11.8 Å². The summed E-state index contributed by atoms with van der Waals surface area (Å²) in [5.74, 6) is 3.27. The second kappa shape index (κ2) is 10.4. The van der Waals surface area contributed by atoms with Crippen LogP contribution in [0.3, 0.4) is 0 Å². The summed E-state index contributed by atoms with van der Waals surface area (Å²) in [5, 5.41) is 3.73. The molecule has 3 aromatic rings. The number of hydrogen-bond donors (Lipinski definition) is 1. The molecule has 1 saturated carbocycles. The highest BCUT2D eigenvalue weighted by atomic mass is 79.9. The van der Waals surface area contributed by atoms with Crippen molar-refractivity contribution in [2.45, 2.75) is 12.8 Å². The fourth-order valence-corrected chi connectivity index (χ4v) is 5.66. The van der Waals surface area contributed by atoms with Crippen LogP contribution in [-0.2, 0) is 0 Å². The zero-order valence-electron chi connectivity index (χ0n) is 18.9. The SMILES string of the molecule is COc1cc2c(Nc3ccc(Br)c(Cl)c3F)ncnc2cc1OCC1C[C@@H]2CN(C)C[C@@H]2C1.Cl. The smallest absolute Gasteiger partial charge is 0.166 e. The lowest BCUT2D eigenvalue weighted by molar-refractivity contribution is 0.227. The zero-order chi connectivity index (χ0) is 23.1. The molecule has 6 nitrogen and oxygen atoms in total. The number of nitrogens with one attached hydrogen (secondary N) is 1. The van der Waals surface area contributed by atoms with E-state index in [4.69, 9.17) is 21.1 Å². The highest BCUT2D eigenvalue weighted by Crippen LogP contribution is 2.42. The van der Waals surface area contributed by atoms with Gasteiger partial charge in [0.2, 0.25) is 0 Å². The van der Waals surface area contributed by atoms with Gasteiger partial charge in [0.1, 0.15) is 12.1 Å². The second-order valence-corrected chi connectivity index (χ2v) is 10.2. The number of rotatable bonds is 6. The van der Waals surface area contributed by atoms with E-state index in [1.54, 1.807) is 19.2 Å². The molecule has 1 unspecified atom stereocenters. The van der Waals surface area contributed by atoms with E-state index < -0.39 is 5.82 Å². The Labute approximate surface area is 217 Å². The topological polar surface area (TPSA) is 59.5 Å². The second-order valence-electron chi connectivity index (χ2n) is 8.98. The molecule has 0 spiro atoms. The molecule has 1 N–H and O–H groups in total. The van der Waals surface area contributed by atoms with Gasteiger partial charge in [0, 0.05) is 29.0 Å². The van der Waals surface area contributed by atoms with Gasteiger partial charge < -0.3 is 19.7 Å². The van der Waals surface area contributed by atoms with Gasteiger partial charge in [-0.2, -0.15) is 0 Å². The Bertz CT molecular complexity index is 1190. The van der Waals surface area contributed by atoms with E-state index in [-0.39, 0.29) is 23.1 Å². The maximum Gasteiger partial charge on any atom is 0.166 e. The summed E-state index contributed by atoms with van der Waals surface area (Å²) in [6.45, 7) is 3.05. The lowest BCUT2D eigenvalue weighted by Gasteiger charge is -2.17. The first kappa shape index (κ1) is 25.2. The molecule has 10 heteroatoms. The maximum absolute atomic E-state index is 14.6. The molecule has 2 heterocycles. The van der Waals surface area contributed by atoms with Crippen molar-refractivity contribution in [1.29, 1.82) is 0 Å². The first-order valence-corrected chi connectivity index (χ1v) is 12.1. The van der Waals surface area contributed by atoms with E-state index in [0.29, 0.717) is 45.2 Å². The van der Waals surface area contributed by atoms with Crippen molar-refractivity contribution in [2.24, 2.45) is 17.8 Å². The van der Waals surface area contributed by atoms with Crippen molar-refractivity contribution in [3.8, 4) is 11.5 Å². The number of halogens is 4. The van der Waals surface area contributed by atoms with Crippen LogP contribution >= 0.6 is 39.9 Å². The van der Waals surface area contributed by atoms with E-state index >= 15 is 0 Å². The highest BCUT2D eigenvalue weighted by molar-refractivity contribution is 9.10. The number of aromatic nitrogens is 2. The Morgan fingerprint density at radius 3 is 2.62 bits per heavy atom. The molecule has 0 bridgehead atoms. The molecule has 1 aromatic heterocycles. The minimum absolute atomic E-state index is 0. The minimum atomic E-state index is -0.558. The van der Waals surface area contributed by atoms with Gasteiger partial charge in [-0.15, -0.1) is 12.4 Å². The highest BCUT2D eigenvalue weighted by Gasteiger charge is 2.39. The number of anilines is 2. The molecule has 1 aliphatic heterocycles. The third-order valence-corrected chi connectivity index (χ3v) is 7.97. The molecule has 2 aliphatic rings. The van der Waals surface area contributed by atoms with Gasteiger partial charge in [0.25, 0.3) is 0 Å². The maximum atomic E-state index is 14.6. The summed E-state index contributed by atoms with van der Waals surface area (Å²) in [5.41, 5.74) is 0.900. The Morgan fingerprint density at radius 2 is 1.91 bits per heavy atom. The average molecular weight is 572 g/mol. The Hall–Kier alpha value is -1.87. The third-order valence-electron chi connectivity index (χ3n) is 6.71. The minimum Gasteiger partial charge on any atom is -0.493 e. The van der Waals surface area contributed by atoms with Crippen LogP contribution in [0.4, 0.5) is 15.9 Å². The normalized spacial score (nSPS) is 21.9. The fourth-order valence-electron chi connectivity index (χ4n) is 5.19. The molecule has 0 radical (unpaired) electrons. The number of benzene rings is 2. The van der Waals surface area contributed by atoms with Crippen LogP contribution in [0.15, 0.2) is 35.1 Å². The van der Waals surface area contributed by atoms with Gasteiger partial charge in [0.15, 0.2) is 17.3 Å². The monoisotopic (exact) mass is 570 g/mol. The summed E-state index contributed by atoms with van der Waals surface area (Å²) in [6, 6.07) is 6.96. The van der Waals surface area contributed by atoms with Crippen LogP contribution in [-0.4, -0.2) is 48.7 Å². The summed E-state index contributed by atoms with van der Waals surface area (Å²) in [4.78, 5) is 11.1. The molecule has 34 heavy (non-hydrogen) atoms. The molecular weight excluding hydrogens is 546 g/mol. The molecule has 1 aliphatic carbocycles. The molecular formula is C24H26BrCl2FN4O2. The van der Waals surface area contributed by atoms with Crippen LogP contribution in [0.1, 0.15) is 12.8 Å². The van der Waals surface area contributed by atoms with Crippen LogP contribution < -0.4 is 14.8 Å². The molecule has 3 atom stereocenters. The van der Waals surface area contributed by atoms with Gasteiger partial charge in [-0.05, 0) is 71.8 Å². The van der Waals surface area contributed by atoms with Crippen molar-refractivity contribution in [2.75, 3.05) is 39.2 Å². The molecule has 2 aromatic carbocycles. The number of fused-ring (bicyclic) bond motifs is 2. The molecule has 2 fully saturated rings. The largest absolute Gasteiger partial charge is 0.493 e. The quantitative estimate of drug-likeness (QED) is 0.349. The number of ether oxygens (including phenoxy) is 2. The van der Waals surface area contributed by atoms with Crippen LogP contribution in [0.25, 0.3) is 10.9 Å². The van der Waals surface area contributed by atoms with Gasteiger partial charge in [-0.1, -0.05) is 11.6 Å². The van der Waals surface area contributed by atoms with Gasteiger partial charge in [-0.3, -0.25) is 0 Å². The summed E-state index contributed by atoms with van der Waals surface area (Å²) >= 11 is 9.26. The first-order chi connectivity index (χ1) is 15.9. The summed E-state index contributed by atoms with van der Waals surface area (Å²) in [6.07, 6.45) is 3.86. The number of likely N-dealkylation sites (tertiary alicyclic amines) is 1. The number of methoxy groups -OCH3 is 1. The third kappa shape index (κ3) is 4.91. The van der Waals surface area contributed by atoms with Crippen LogP contribution in [0, 0.1) is 23.6 Å². The predicted octanol–water partition coefficient (Wildman–Crippen LogP) is 6.33. The standard InChI is InChI=1S/C24H25BrClFN4O2.ClH/c1-31-9-14-5-13(6-15(14)10-31)11-33-21-8-19-16(7-20(21)32-2)24(29-12-28-19)30-18-4-3-17(25)22(26)23(18)27;/h3-4,7-8,12-15H,5-6,9-11H2,1-2H3,(H,28,29,30);1H/t13?,14-,15+;. The Kier molecular flexibility index (Phi) is 7.72. The Balaban J connectivity index is 0.00000274. The van der Waals surface area contributed by atoms with Crippen molar-refractivity contribution in [3.05, 3.63) is 45.9 Å². The van der Waals surface area contributed by atoms with Crippen LogP contribution in [0.5, 0.6) is 11.5 Å². The Morgan fingerprint density at radius 1 is 1.18 bits per heavy atom. The van der Waals surface area contributed by atoms with Gasteiger partial charge in [-0.25, -0.2) is 14.4 Å². The molecule has 182 valence electrons. The molecule has 1 saturated heterocycles. The lowest BCUT2D eigenvalue weighted by atomic mass is 10.0. The van der Waals surface area contributed by atoms with Gasteiger partial charge >= 0.3 is 0 Å². The first-order valence-electron chi connectivity index (χ1n) is 11.0. The van der Waals surface area contributed by atoms with E-state index in [9.17, 15) is 4.39 Å². The fraction of sp³-hybridized carbons (Fsp3) is 0.417. The van der Waals surface area contributed by atoms with Crippen molar-refractivity contribution in [1.82, 2.24) is 14.9 Å². The van der Waals surface area contributed by atoms with Gasteiger partial charge in [0.05, 0.1) is 29.9 Å². The molecule has 0 amide bonds. The van der Waals surface area contributed by atoms with Crippen LogP contribution in [0.2, 0.25) is 5.02 Å². The zero-order valence-corrected chi connectivity index (χ0v) is 22.0. The summed E-state index contributed by atoms with van der Waals surface area (Å²) < 4.78 is 26.9. The average Bonchev–Trinajstić information content (AvgIpc) is 3.34. The number of hydrogen-bond acceptors (Lipinski definition) is 6. The van der Waals surface area contributed by atoms with E-state index in [1.165, 1.54) is 32.3 Å². The lowest BCUT2D eigenvalue weighted by Crippen LogP contribution is -2.18. The van der Waals surface area contributed by atoms with Crippen molar-refractivity contribution in [3.63, 3.8) is 0 Å². The van der Waals surface area contributed by atoms with E-state index in [1.807, 2.05) is 12.1 Å². The number of nitrogens with zero attached hydrogens (tertiary/aromatic N) is 3.